The lowest BCUT2D eigenvalue weighted by Crippen LogP contribution is -2.39. The number of carbonyl (C=O) groups is 2. The van der Waals surface area contributed by atoms with Crippen molar-refractivity contribution in [2.24, 2.45) is 0 Å². The predicted octanol–water partition coefficient (Wildman–Crippen LogP) is 2.45. The molecule has 2 amide bonds. The van der Waals surface area contributed by atoms with E-state index in [1.165, 1.54) is 4.90 Å². The van der Waals surface area contributed by atoms with Crippen LogP contribution in [0.5, 0.6) is 11.5 Å². The maximum Gasteiger partial charge on any atom is 0.277 e. The van der Waals surface area contributed by atoms with E-state index in [2.05, 4.69) is 0 Å². The number of benzene rings is 2. The Balaban J connectivity index is 1.81. The van der Waals surface area contributed by atoms with Gasteiger partial charge in [-0.25, -0.2) is 0 Å². The third-order valence-electron chi connectivity index (χ3n) is 5.30. The van der Waals surface area contributed by atoms with E-state index in [4.69, 9.17) is 18.9 Å². The van der Waals surface area contributed by atoms with Crippen molar-refractivity contribution in [1.29, 1.82) is 0 Å². The van der Waals surface area contributed by atoms with E-state index in [0.717, 1.165) is 5.75 Å². The zero-order valence-electron chi connectivity index (χ0n) is 19.3. The Bertz CT molecular complexity index is 951. The Kier molecular flexibility index (Phi) is 8.86. The van der Waals surface area contributed by atoms with E-state index in [1.54, 1.807) is 45.6 Å². The van der Waals surface area contributed by atoms with Gasteiger partial charge in [0.1, 0.15) is 23.8 Å². The maximum atomic E-state index is 13.4. The smallest absolute Gasteiger partial charge is 0.277 e. The largest absolute Gasteiger partial charge is 0.497 e. The second-order valence-electron chi connectivity index (χ2n) is 7.35. The minimum absolute atomic E-state index is 0.131. The molecule has 0 radical (unpaired) electrons. The summed E-state index contributed by atoms with van der Waals surface area (Å²) in [7, 11) is 4.80. The average molecular weight is 455 g/mol. The number of hydrogen-bond acceptors (Lipinski definition) is 7. The summed E-state index contributed by atoms with van der Waals surface area (Å²) < 4.78 is 21.4. The van der Waals surface area contributed by atoms with E-state index in [9.17, 15) is 9.59 Å². The molecule has 0 bridgehead atoms. The number of rotatable bonds is 13. The topological polar surface area (TPSA) is 77.5 Å². The van der Waals surface area contributed by atoms with Crippen molar-refractivity contribution in [2.75, 3.05) is 60.8 Å². The Labute approximate surface area is 194 Å². The summed E-state index contributed by atoms with van der Waals surface area (Å²) in [4.78, 5) is 29.9. The third kappa shape index (κ3) is 5.91. The molecule has 176 valence electrons. The second kappa shape index (κ2) is 12.0. The molecule has 2 aromatic rings. The van der Waals surface area contributed by atoms with Gasteiger partial charge in [-0.3, -0.25) is 14.5 Å². The molecule has 1 aliphatic rings. The molecular weight excluding hydrogens is 424 g/mol. The van der Waals surface area contributed by atoms with Gasteiger partial charge in [0.15, 0.2) is 0 Å². The Morgan fingerprint density at radius 3 is 1.94 bits per heavy atom. The van der Waals surface area contributed by atoms with Crippen LogP contribution in [0.3, 0.4) is 0 Å². The van der Waals surface area contributed by atoms with Gasteiger partial charge in [-0.05, 0) is 29.8 Å². The number of hydrogen-bond donors (Lipinski definition) is 0. The zero-order chi connectivity index (χ0) is 23.6. The maximum absolute atomic E-state index is 13.4. The van der Waals surface area contributed by atoms with Crippen LogP contribution in [0, 0.1) is 0 Å². The van der Waals surface area contributed by atoms with Gasteiger partial charge in [0, 0.05) is 27.3 Å². The Morgan fingerprint density at radius 2 is 1.36 bits per heavy atom. The molecule has 0 unspecified atom stereocenters. The van der Waals surface area contributed by atoms with Crippen LogP contribution in [-0.2, 0) is 19.1 Å². The van der Waals surface area contributed by atoms with Crippen molar-refractivity contribution in [1.82, 2.24) is 9.80 Å². The number of imide groups is 1. The van der Waals surface area contributed by atoms with Crippen molar-refractivity contribution < 1.29 is 28.5 Å². The number of amides is 2. The zero-order valence-corrected chi connectivity index (χ0v) is 19.3. The fraction of sp³-hybridized carbons (Fsp3) is 0.360. The summed E-state index contributed by atoms with van der Waals surface area (Å²) in [5.74, 6) is 0.678. The first-order chi connectivity index (χ1) is 16.1. The standard InChI is InChI=1S/C25H30N2O6/c1-30-16-13-26(14-17-31-2)23-22(19-7-5-4-6-8-19)24(28)27(25(23)29)15-18-33-21-11-9-20(32-3)10-12-21/h4-12H,13-18H2,1-3H3. The lowest BCUT2D eigenvalue weighted by Gasteiger charge is -2.25. The van der Waals surface area contributed by atoms with E-state index in [-0.39, 0.29) is 25.0 Å². The highest BCUT2D eigenvalue weighted by Gasteiger charge is 2.41. The van der Waals surface area contributed by atoms with Crippen LogP contribution < -0.4 is 9.47 Å². The van der Waals surface area contributed by atoms with Gasteiger partial charge in [0.25, 0.3) is 11.8 Å². The summed E-state index contributed by atoms with van der Waals surface area (Å²) in [5, 5.41) is 0. The quantitative estimate of drug-likeness (QED) is 0.430. The minimum Gasteiger partial charge on any atom is -0.497 e. The predicted molar refractivity (Wildman–Crippen MR) is 124 cm³/mol. The summed E-state index contributed by atoms with van der Waals surface area (Å²) in [6.07, 6.45) is 0. The summed E-state index contributed by atoms with van der Waals surface area (Å²) in [5.41, 5.74) is 1.45. The fourth-order valence-electron chi connectivity index (χ4n) is 3.59. The molecule has 8 nitrogen and oxygen atoms in total. The van der Waals surface area contributed by atoms with Gasteiger partial charge >= 0.3 is 0 Å². The number of methoxy groups -OCH3 is 3. The Morgan fingerprint density at radius 1 is 0.758 bits per heavy atom. The molecule has 0 fully saturated rings. The molecule has 0 N–H and O–H groups in total. The second-order valence-corrected chi connectivity index (χ2v) is 7.35. The Hall–Kier alpha value is -3.36. The first-order valence-electron chi connectivity index (χ1n) is 10.8. The van der Waals surface area contributed by atoms with E-state index in [0.29, 0.717) is 48.9 Å². The van der Waals surface area contributed by atoms with Crippen LogP contribution in [0.15, 0.2) is 60.3 Å². The van der Waals surface area contributed by atoms with Gasteiger partial charge in [-0.15, -0.1) is 0 Å². The highest BCUT2D eigenvalue weighted by Crippen LogP contribution is 2.31. The monoisotopic (exact) mass is 454 g/mol. The van der Waals surface area contributed by atoms with Crippen molar-refractivity contribution in [3.8, 4) is 11.5 Å². The van der Waals surface area contributed by atoms with Crippen LogP contribution >= 0.6 is 0 Å². The summed E-state index contributed by atoms with van der Waals surface area (Å²) in [6, 6.07) is 16.4. The lowest BCUT2D eigenvalue weighted by molar-refractivity contribution is -0.138. The molecule has 0 saturated heterocycles. The molecule has 0 aliphatic carbocycles. The van der Waals surface area contributed by atoms with E-state index in [1.807, 2.05) is 35.2 Å². The fourth-order valence-corrected chi connectivity index (χ4v) is 3.59. The van der Waals surface area contributed by atoms with Gasteiger partial charge < -0.3 is 23.8 Å². The molecule has 3 rings (SSSR count). The first-order valence-corrected chi connectivity index (χ1v) is 10.8. The van der Waals surface area contributed by atoms with Crippen LogP contribution in [0.1, 0.15) is 5.56 Å². The molecule has 0 saturated carbocycles. The highest BCUT2D eigenvalue weighted by molar-refractivity contribution is 6.35. The SMILES string of the molecule is COCCN(CCOC)C1=C(c2ccccc2)C(=O)N(CCOc2ccc(OC)cc2)C1=O. The molecular formula is C25H30N2O6. The van der Waals surface area contributed by atoms with E-state index < -0.39 is 0 Å². The summed E-state index contributed by atoms with van der Waals surface area (Å²) >= 11 is 0. The van der Waals surface area contributed by atoms with Gasteiger partial charge in [0.2, 0.25) is 0 Å². The summed E-state index contributed by atoms with van der Waals surface area (Å²) in [6.45, 7) is 2.05. The first kappa shape index (κ1) is 24.3. The molecule has 0 spiro atoms. The number of nitrogens with zero attached hydrogens (tertiary/aromatic N) is 2. The van der Waals surface area contributed by atoms with Crippen molar-refractivity contribution >= 4 is 17.4 Å². The number of carbonyl (C=O) groups excluding carboxylic acids is 2. The average Bonchev–Trinajstić information content (AvgIpc) is 3.10. The minimum atomic E-state index is -0.343. The molecule has 2 aromatic carbocycles. The molecule has 0 aromatic heterocycles. The molecule has 33 heavy (non-hydrogen) atoms. The normalized spacial score (nSPS) is 13.6. The van der Waals surface area contributed by atoms with Crippen molar-refractivity contribution in [3.63, 3.8) is 0 Å². The van der Waals surface area contributed by atoms with Gasteiger partial charge in [-0.1, -0.05) is 30.3 Å². The van der Waals surface area contributed by atoms with Gasteiger partial charge in [0.05, 0.1) is 32.4 Å². The lowest BCUT2D eigenvalue weighted by atomic mass is 10.0. The van der Waals surface area contributed by atoms with Crippen LogP contribution in [0.2, 0.25) is 0 Å². The van der Waals surface area contributed by atoms with Crippen molar-refractivity contribution in [3.05, 3.63) is 65.9 Å². The van der Waals surface area contributed by atoms with Crippen LogP contribution in [-0.4, -0.2) is 82.4 Å². The van der Waals surface area contributed by atoms with Gasteiger partial charge in [-0.2, -0.15) is 0 Å². The third-order valence-corrected chi connectivity index (χ3v) is 5.30. The number of ether oxygens (including phenoxy) is 4. The highest BCUT2D eigenvalue weighted by atomic mass is 16.5. The molecule has 1 aliphatic heterocycles. The molecule has 1 heterocycles. The van der Waals surface area contributed by atoms with Crippen molar-refractivity contribution in [2.45, 2.75) is 0 Å². The van der Waals surface area contributed by atoms with Crippen LogP contribution in [0.25, 0.3) is 5.57 Å². The van der Waals surface area contributed by atoms with E-state index >= 15 is 0 Å². The van der Waals surface area contributed by atoms with Crippen LogP contribution in [0.4, 0.5) is 0 Å². The molecule has 8 heteroatoms. The molecule has 0 atom stereocenters.